The Morgan fingerprint density at radius 1 is 1.53 bits per heavy atom. The molecule has 1 atom stereocenters. The van der Waals surface area contributed by atoms with E-state index in [1.54, 1.807) is 0 Å². The minimum atomic E-state index is -0.386. The molecular weight excluding hydrogens is 221 g/mol. The average Bonchev–Trinajstić information content (AvgIpc) is 2.33. The van der Waals surface area contributed by atoms with Gasteiger partial charge < -0.3 is 11.1 Å². The van der Waals surface area contributed by atoms with Crippen molar-refractivity contribution in [3.63, 3.8) is 0 Å². The Labute approximate surface area is 99.3 Å². The summed E-state index contributed by atoms with van der Waals surface area (Å²) < 4.78 is 12.8. The van der Waals surface area contributed by atoms with E-state index < -0.39 is 0 Å². The van der Waals surface area contributed by atoms with Crippen molar-refractivity contribution >= 4 is 5.82 Å². The minimum Gasteiger partial charge on any atom is -0.399 e. The van der Waals surface area contributed by atoms with Crippen molar-refractivity contribution in [3.05, 3.63) is 35.5 Å². The average molecular weight is 237 g/mol. The molecule has 5 nitrogen and oxygen atoms in total. The summed E-state index contributed by atoms with van der Waals surface area (Å²) in [7, 11) is 0. The van der Waals surface area contributed by atoms with Gasteiger partial charge in [0.2, 0.25) is 0 Å². The van der Waals surface area contributed by atoms with E-state index in [1.165, 1.54) is 17.1 Å². The van der Waals surface area contributed by atoms with Gasteiger partial charge in [0.05, 0.1) is 11.9 Å². The van der Waals surface area contributed by atoms with E-state index in [-0.39, 0.29) is 11.9 Å². The molecule has 1 unspecified atom stereocenters. The van der Waals surface area contributed by atoms with E-state index in [0.717, 1.165) is 24.9 Å². The summed E-state index contributed by atoms with van der Waals surface area (Å²) in [6, 6.07) is 2.94. The zero-order chi connectivity index (χ0) is 12.4. The number of hydrogen-bond acceptors (Lipinski definition) is 5. The van der Waals surface area contributed by atoms with Crippen LogP contribution in [0.1, 0.15) is 13.3 Å². The lowest BCUT2D eigenvalue weighted by molar-refractivity contribution is 0.550. The highest BCUT2D eigenvalue weighted by Crippen LogP contribution is 2.20. The molecule has 0 bridgehead atoms. The van der Waals surface area contributed by atoms with E-state index in [1.807, 2.05) is 6.92 Å². The van der Waals surface area contributed by atoms with E-state index in [2.05, 4.69) is 10.3 Å². The first-order valence-corrected chi connectivity index (χ1v) is 5.48. The molecule has 1 aliphatic heterocycles. The van der Waals surface area contributed by atoms with Crippen molar-refractivity contribution < 1.29 is 4.39 Å². The molecular formula is C11H16FN5. The number of nitrogens with zero attached hydrogens (tertiary/aromatic N) is 2. The van der Waals surface area contributed by atoms with Crippen LogP contribution in [0.25, 0.3) is 0 Å². The largest absolute Gasteiger partial charge is 0.399 e. The first kappa shape index (κ1) is 11.8. The normalized spacial score (nSPS) is 20.5. The molecule has 17 heavy (non-hydrogen) atoms. The van der Waals surface area contributed by atoms with Crippen LogP contribution in [-0.2, 0) is 0 Å². The summed E-state index contributed by atoms with van der Waals surface area (Å²) in [5.74, 6) is 6.05. The number of halogens is 1. The number of nitrogens with one attached hydrogen (secondary N) is 1. The Hall–Kier alpha value is -1.66. The van der Waals surface area contributed by atoms with Crippen LogP contribution in [0.5, 0.6) is 0 Å². The monoisotopic (exact) mass is 237 g/mol. The van der Waals surface area contributed by atoms with Gasteiger partial charge in [0.1, 0.15) is 11.6 Å². The van der Waals surface area contributed by atoms with Gasteiger partial charge in [-0.1, -0.05) is 0 Å². The first-order chi connectivity index (χ1) is 8.09. The van der Waals surface area contributed by atoms with Gasteiger partial charge in [0, 0.05) is 24.7 Å². The molecule has 0 aliphatic carbocycles. The minimum absolute atomic E-state index is 0.0882. The lowest BCUT2D eigenvalue weighted by atomic mass is 10.1. The Morgan fingerprint density at radius 3 is 2.94 bits per heavy atom. The van der Waals surface area contributed by atoms with Crippen molar-refractivity contribution in [2.24, 2.45) is 11.6 Å². The third kappa shape index (κ3) is 2.37. The number of nitrogens with two attached hydrogens (primary N) is 2. The van der Waals surface area contributed by atoms with Crippen LogP contribution >= 0.6 is 0 Å². The van der Waals surface area contributed by atoms with Gasteiger partial charge in [0.25, 0.3) is 0 Å². The first-order valence-electron chi connectivity index (χ1n) is 5.48. The molecule has 2 heterocycles. The van der Waals surface area contributed by atoms with E-state index in [4.69, 9.17) is 11.6 Å². The van der Waals surface area contributed by atoms with Crippen molar-refractivity contribution in [2.75, 3.05) is 11.6 Å². The zero-order valence-corrected chi connectivity index (χ0v) is 9.65. The van der Waals surface area contributed by atoms with Gasteiger partial charge >= 0.3 is 0 Å². The van der Waals surface area contributed by atoms with Crippen LogP contribution in [-0.4, -0.2) is 17.6 Å². The summed E-state index contributed by atoms with van der Waals surface area (Å²) in [6.45, 7) is 2.78. The summed E-state index contributed by atoms with van der Waals surface area (Å²) in [4.78, 5) is 3.93. The molecule has 0 amide bonds. The van der Waals surface area contributed by atoms with Gasteiger partial charge in [0.15, 0.2) is 0 Å². The van der Waals surface area contributed by atoms with Gasteiger partial charge in [-0.2, -0.15) is 0 Å². The maximum Gasteiger partial charge on any atom is 0.147 e. The van der Waals surface area contributed by atoms with Crippen molar-refractivity contribution in [1.82, 2.24) is 10.3 Å². The number of pyridine rings is 1. The Kier molecular flexibility index (Phi) is 3.26. The predicted octanol–water partition coefficient (Wildman–Crippen LogP) is 0.453. The molecule has 5 N–H and O–H groups in total. The molecule has 0 radical (unpaired) electrons. The Bertz CT molecular complexity index is 428. The Morgan fingerprint density at radius 2 is 2.29 bits per heavy atom. The quantitative estimate of drug-likeness (QED) is 0.514. The van der Waals surface area contributed by atoms with E-state index >= 15 is 0 Å². The molecule has 0 saturated heterocycles. The molecule has 2 rings (SSSR count). The van der Waals surface area contributed by atoms with Crippen LogP contribution in [0.2, 0.25) is 0 Å². The summed E-state index contributed by atoms with van der Waals surface area (Å²) in [5, 5.41) is 4.65. The summed E-state index contributed by atoms with van der Waals surface area (Å²) in [5.41, 5.74) is 7.51. The van der Waals surface area contributed by atoms with Gasteiger partial charge in [-0.05, 0) is 19.1 Å². The van der Waals surface area contributed by atoms with Gasteiger partial charge in [-0.3, -0.25) is 5.01 Å². The SMILES string of the molecule is CC1NCCC(N(N)c2ccc(F)cn2)=C1N. The number of hydrazine groups is 1. The number of aromatic nitrogens is 1. The van der Waals surface area contributed by atoms with E-state index in [9.17, 15) is 4.39 Å². The third-order valence-electron chi connectivity index (χ3n) is 2.86. The molecule has 0 aromatic carbocycles. The fraction of sp³-hybridized carbons (Fsp3) is 0.364. The maximum atomic E-state index is 12.8. The van der Waals surface area contributed by atoms with E-state index in [0.29, 0.717) is 11.5 Å². The summed E-state index contributed by atoms with van der Waals surface area (Å²) >= 11 is 0. The molecule has 92 valence electrons. The highest BCUT2D eigenvalue weighted by molar-refractivity contribution is 5.45. The second-order valence-corrected chi connectivity index (χ2v) is 4.03. The van der Waals surface area contributed by atoms with Crippen LogP contribution in [0, 0.1) is 5.82 Å². The van der Waals surface area contributed by atoms with Crippen molar-refractivity contribution in [3.8, 4) is 0 Å². The summed E-state index contributed by atoms with van der Waals surface area (Å²) in [6.07, 6.45) is 1.86. The van der Waals surface area contributed by atoms with Crippen molar-refractivity contribution in [2.45, 2.75) is 19.4 Å². The molecule has 0 fully saturated rings. The number of rotatable bonds is 2. The lowest BCUT2D eigenvalue weighted by Gasteiger charge is -2.30. The fourth-order valence-electron chi connectivity index (χ4n) is 1.82. The molecule has 1 aromatic heterocycles. The van der Waals surface area contributed by atoms with Crippen molar-refractivity contribution in [1.29, 1.82) is 0 Å². The zero-order valence-electron chi connectivity index (χ0n) is 9.65. The van der Waals surface area contributed by atoms with Crippen LogP contribution in [0.3, 0.4) is 0 Å². The smallest absolute Gasteiger partial charge is 0.147 e. The topological polar surface area (TPSA) is 80.2 Å². The fourth-order valence-corrected chi connectivity index (χ4v) is 1.82. The number of hydrogen-bond donors (Lipinski definition) is 3. The highest BCUT2D eigenvalue weighted by Gasteiger charge is 2.20. The standard InChI is InChI=1S/C11H16FN5/c1-7-11(13)9(4-5-15-7)17(14)10-3-2-8(12)6-16-10/h2-3,6-7,15H,4-5,13-14H2,1H3. The van der Waals surface area contributed by atoms with Gasteiger partial charge in [-0.25, -0.2) is 15.2 Å². The van der Waals surface area contributed by atoms with Crippen LogP contribution in [0.4, 0.5) is 10.2 Å². The van der Waals surface area contributed by atoms with Gasteiger partial charge in [-0.15, -0.1) is 0 Å². The molecule has 1 aliphatic rings. The molecule has 1 aromatic rings. The number of anilines is 1. The van der Waals surface area contributed by atoms with Crippen LogP contribution in [0.15, 0.2) is 29.7 Å². The molecule has 0 spiro atoms. The third-order valence-corrected chi connectivity index (χ3v) is 2.86. The molecule has 0 saturated carbocycles. The Balaban J connectivity index is 2.28. The lowest BCUT2D eigenvalue weighted by Crippen LogP contribution is -2.44. The second kappa shape index (κ2) is 4.68. The molecule has 6 heteroatoms. The highest BCUT2D eigenvalue weighted by atomic mass is 19.1. The predicted molar refractivity (Wildman–Crippen MR) is 64.2 cm³/mol. The van der Waals surface area contributed by atoms with Crippen LogP contribution < -0.4 is 21.9 Å². The second-order valence-electron chi connectivity index (χ2n) is 4.03. The maximum absolute atomic E-state index is 12.8.